The number of nitrogens with zero attached hydrogens (tertiary/aromatic N) is 1. The lowest BCUT2D eigenvalue weighted by atomic mass is 10.1. The van der Waals surface area contributed by atoms with Crippen LogP contribution in [0, 0.1) is 6.92 Å². The van der Waals surface area contributed by atoms with Crippen molar-refractivity contribution in [3.63, 3.8) is 0 Å². The third-order valence-corrected chi connectivity index (χ3v) is 4.11. The Bertz CT molecular complexity index is 666. The number of piperidine rings is 1. The van der Waals surface area contributed by atoms with Crippen LogP contribution in [-0.2, 0) is 6.61 Å². The molecule has 0 aliphatic carbocycles. The van der Waals surface area contributed by atoms with Crippen molar-refractivity contribution in [1.82, 2.24) is 4.90 Å². The smallest absolute Gasteiger partial charge is 0.289 e. The van der Waals surface area contributed by atoms with E-state index in [1.807, 2.05) is 37.3 Å². The molecule has 2 heterocycles. The number of nitrogens with two attached hydrogens (primary N) is 1. The molecule has 0 spiro atoms. The van der Waals surface area contributed by atoms with Crippen molar-refractivity contribution in [1.29, 1.82) is 0 Å². The van der Waals surface area contributed by atoms with Gasteiger partial charge in [-0.1, -0.05) is 18.2 Å². The minimum atomic E-state index is -0.0887. The number of benzene rings is 1. The molecule has 5 heteroatoms. The summed E-state index contributed by atoms with van der Waals surface area (Å²) >= 11 is 0. The van der Waals surface area contributed by atoms with E-state index >= 15 is 0 Å². The highest BCUT2D eigenvalue weighted by Gasteiger charge is 2.25. The SMILES string of the molecule is Cc1oc(C(=O)N2CCCC(N)C2)cc1COc1ccccc1. The van der Waals surface area contributed by atoms with Crippen LogP contribution in [0.25, 0.3) is 0 Å². The molecule has 1 aromatic carbocycles. The molecule has 0 bridgehead atoms. The molecular weight excluding hydrogens is 292 g/mol. The molecule has 23 heavy (non-hydrogen) atoms. The predicted molar refractivity (Wildman–Crippen MR) is 87.3 cm³/mol. The number of amides is 1. The Morgan fingerprint density at radius 1 is 1.39 bits per heavy atom. The second-order valence-electron chi connectivity index (χ2n) is 5.95. The molecule has 3 rings (SSSR count). The number of hydrogen-bond donors (Lipinski definition) is 1. The van der Waals surface area contributed by atoms with Crippen LogP contribution in [0.5, 0.6) is 5.75 Å². The number of likely N-dealkylation sites (tertiary alicyclic amines) is 1. The Morgan fingerprint density at radius 2 is 2.17 bits per heavy atom. The fourth-order valence-corrected chi connectivity index (χ4v) is 2.80. The molecule has 122 valence electrons. The van der Waals surface area contributed by atoms with Gasteiger partial charge in [-0.25, -0.2) is 0 Å². The fraction of sp³-hybridized carbons (Fsp3) is 0.389. The molecule has 0 saturated carbocycles. The molecule has 1 aliphatic heterocycles. The van der Waals surface area contributed by atoms with Crippen LogP contribution in [0.15, 0.2) is 40.8 Å². The van der Waals surface area contributed by atoms with Gasteiger partial charge < -0.3 is 19.8 Å². The Hall–Kier alpha value is -2.27. The van der Waals surface area contributed by atoms with Crippen molar-refractivity contribution in [2.45, 2.75) is 32.4 Å². The average molecular weight is 314 g/mol. The molecule has 5 nitrogen and oxygen atoms in total. The first-order valence-corrected chi connectivity index (χ1v) is 7.95. The number of aryl methyl sites for hydroxylation is 1. The minimum absolute atomic E-state index is 0.0599. The van der Waals surface area contributed by atoms with Crippen LogP contribution < -0.4 is 10.5 Å². The van der Waals surface area contributed by atoms with Gasteiger partial charge in [0.25, 0.3) is 5.91 Å². The standard InChI is InChI=1S/C18H22N2O3/c1-13-14(12-22-16-7-3-2-4-8-16)10-17(23-13)18(21)20-9-5-6-15(19)11-20/h2-4,7-8,10,15H,5-6,9,11-12,19H2,1H3. The maximum absolute atomic E-state index is 12.5. The Kier molecular flexibility index (Phi) is 4.67. The number of carbonyl (C=O) groups excluding carboxylic acids is 1. The molecule has 1 atom stereocenters. The van der Waals surface area contributed by atoms with E-state index < -0.39 is 0 Å². The third kappa shape index (κ3) is 3.74. The van der Waals surface area contributed by atoms with Crippen molar-refractivity contribution in [2.24, 2.45) is 5.73 Å². The van der Waals surface area contributed by atoms with Crippen LogP contribution in [0.4, 0.5) is 0 Å². The second kappa shape index (κ2) is 6.87. The van der Waals surface area contributed by atoms with Crippen LogP contribution >= 0.6 is 0 Å². The summed E-state index contributed by atoms with van der Waals surface area (Å²) in [5.41, 5.74) is 6.83. The second-order valence-corrected chi connectivity index (χ2v) is 5.95. The van der Waals surface area contributed by atoms with Gasteiger partial charge in [-0.05, 0) is 38.0 Å². The first-order chi connectivity index (χ1) is 11.1. The quantitative estimate of drug-likeness (QED) is 0.942. The molecule has 1 aliphatic rings. The number of rotatable bonds is 4. The normalized spacial score (nSPS) is 18.0. The lowest BCUT2D eigenvalue weighted by molar-refractivity contribution is 0.0675. The van der Waals surface area contributed by atoms with Crippen LogP contribution in [0.3, 0.4) is 0 Å². The Balaban J connectivity index is 1.66. The van der Waals surface area contributed by atoms with E-state index in [0.29, 0.717) is 24.7 Å². The van der Waals surface area contributed by atoms with E-state index in [4.69, 9.17) is 14.9 Å². The monoisotopic (exact) mass is 314 g/mol. The summed E-state index contributed by atoms with van der Waals surface area (Å²) in [4.78, 5) is 14.3. The number of ether oxygens (including phenoxy) is 1. The lowest BCUT2D eigenvalue weighted by Gasteiger charge is -2.30. The zero-order valence-corrected chi connectivity index (χ0v) is 13.3. The Labute approximate surface area is 136 Å². The van der Waals surface area contributed by atoms with E-state index in [2.05, 4.69) is 0 Å². The number of para-hydroxylation sites is 1. The van der Waals surface area contributed by atoms with Crippen molar-refractivity contribution in [2.75, 3.05) is 13.1 Å². The van der Waals surface area contributed by atoms with Gasteiger partial charge in [0.15, 0.2) is 5.76 Å². The van der Waals surface area contributed by atoms with E-state index in [0.717, 1.165) is 30.7 Å². The van der Waals surface area contributed by atoms with Gasteiger partial charge in [0, 0.05) is 24.7 Å². The number of hydrogen-bond acceptors (Lipinski definition) is 4. The molecule has 1 amide bonds. The summed E-state index contributed by atoms with van der Waals surface area (Å²) in [6.07, 6.45) is 1.91. The van der Waals surface area contributed by atoms with Gasteiger partial charge in [0.1, 0.15) is 18.1 Å². The van der Waals surface area contributed by atoms with Crippen LogP contribution in [0.1, 0.15) is 34.7 Å². The highest BCUT2D eigenvalue weighted by atomic mass is 16.5. The predicted octanol–water partition coefficient (Wildman–Crippen LogP) is 2.73. The van der Waals surface area contributed by atoms with Gasteiger partial charge >= 0.3 is 0 Å². The number of furan rings is 1. The highest BCUT2D eigenvalue weighted by molar-refractivity contribution is 5.92. The summed E-state index contributed by atoms with van der Waals surface area (Å²) in [5, 5.41) is 0. The summed E-state index contributed by atoms with van der Waals surface area (Å²) in [6, 6.07) is 11.4. The third-order valence-electron chi connectivity index (χ3n) is 4.11. The van der Waals surface area contributed by atoms with Crippen LogP contribution in [0.2, 0.25) is 0 Å². The molecule has 2 aromatic rings. The van der Waals surface area contributed by atoms with Crippen molar-refractivity contribution >= 4 is 5.91 Å². The fourth-order valence-electron chi connectivity index (χ4n) is 2.80. The van der Waals surface area contributed by atoms with Crippen molar-refractivity contribution in [3.8, 4) is 5.75 Å². The number of carbonyl (C=O) groups is 1. The molecule has 1 unspecified atom stereocenters. The molecule has 1 fully saturated rings. The van der Waals surface area contributed by atoms with E-state index in [1.54, 1.807) is 11.0 Å². The largest absolute Gasteiger partial charge is 0.489 e. The first kappa shape index (κ1) is 15.6. The maximum Gasteiger partial charge on any atom is 0.289 e. The van der Waals surface area contributed by atoms with Gasteiger partial charge in [-0.15, -0.1) is 0 Å². The zero-order valence-electron chi connectivity index (χ0n) is 13.3. The molecular formula is C18H22N2O3. The van der Waals surface area contributed by atoms with Gasteiger partial charge in [-0.3, -0.25) is 4.79 Å². The zero-order chi connectivity index (χ0) is 16.2. The van der Waals surface area contributed by atoms with Gasteiger partial charge in [0.2, 0.25) is 0 Å². The average Bonchev–Trinajstić information content (AvgIpc) is 2.94. The van der Waals surface area contributed by atoms with Crippen molar-refractivity contribution in [3.05, 3.63) is 53.5 Å². The van der Waals surface area contributed by atoms with E-state index in [9.17, 15) is 4.79 Å². The molecule has 0 radical (unpaired) electrons. The summed E-state index contributed by atoms with van der Waals surface area (Å²) < 4.78 is 11.4. The van der Waals surface area contributed by atoms with E-state index in [1.165, 1.54) is 0 Å². The van der Waals surface area contributed by atoms with Gasteiger partial charge in [0.05, 0.1) is 0 Å². The summed E-state index contributed by atoms with van der Waals surface area (Å²) in [5.74, 6) is 1.78. The van der Waals surface area contributed by atoms with E-state index in [-0.39, 0.29) is 11.9 Å². The Morgan fingerprint density at radius 3 is 2.91 bits per heavy atom. The molecule has 2 N–H and O–H groups in total. The lowest BCUT2D eigenvalue weighted by Crippen LogP contribution is -2.45. The highest BCUT2D eigenvalue weighted by Crippen LogP contribution is 2.20. The van der Waals surface area contributed by atoms with Crippen molar-refractivity contribution < 1.29 is 13.9 Å². The molecule has 1 saturated heterocycles. The molecule has 1 aromatic heterocycles. The maximum atomic E-state index is 12.5. The minimum Gasteiger partial charge on any atom is -0.489 e. The van der Waals surface area contributed by atoms with Gasteiger partial charge in [-0.2, -0.15) is 0 Å². The summed E-state index contributed by atoms with van der Waals surface area (Å²) in [6.45, 7) is 3.56. The topological polar surface area (TPSA) is 68.7 Å². The first-order valence-electron chi connectivity index (χ1n) is 7.95. The summed E-state index contributed by atoms with van der Waals surface area (Å²) in [7, 11) is 0. The van der Waals surface area contributed by atoms with Crippen LogP contribution in [-0.4, -0.2) is 29.9 Å².